The minimum absolute atomic E-state index is 0.758. The second-order valence-corrected chi connectivity index (χ2v) is 4.07. The molecule has 0 spiro atoms. The van der Waals surface area contributed by atoms with Crippen molar-refractivity contribution in [2.75, 3.05) is 0 Å². The van der Waals surface area contributed by atoms with E-state index in [2.05, 4.69) is 29.7 Å². The zero-order chi connectivity index (χ0) is 11.5. The van der Waals surface area contributed by atoms with Crippen molar-refractivity contribution in [3.05, 3.63) is 58.9 Å². The number of hydrogen-bond donors (Lipinski definition) is 0. The largest absolute Gasteiger partial charge is 0.348 e. The van der Waals surface area contributed by atoms with Crippen molar-refractivity contribution in [2.24, 2.45) is 0 Å². The average molecular weight is 210 g/mol. The normalized spacial score (nSPS) is 10.1. The number of nitriles is 1. The number of nitrogens with zero attached hydrogens (tertiary/aromatic N) is 2. The zero-order valence-electron chi connectivity index (χ0n) is 9.57. The van der Waals surface area contributed by atoms with Crippen LogP contribution in [0.2, 0.25) is 0 Å². The van der Waals surface area contributed by atoms with Crippen LogP contribution in [-0.4, -0.2) is 4.57 Å². The van der Waals surface area contributed by atoms with Crippen LogP contribution in [0.15, 0.2) is 36.7 Å². The number of benzene rings is 1. The Hall–Kier alpha value is -2.01. The van der Waals surface area contributed by atoms with Crippen LogP contribution >= 0.6 is 0 Å². The molecular formula is C14H14N2. The Bertz CT molecular complexity index is 544. The molecule has 0 aliphatic heterocycles. The van der Waals surface area contributed by atoms with Crippen molar-refractivity contribution < 1.29 is 0 Å². The summed E-state index contributed by atoms with van der Waals surface area (Å²) in [5.74, 6) is 0. The summed E-state index contributed by atoms with van der Waals surface area (Å²) in [7, 11) is 0. The van der Waals surface area contributed by atoms with Gasteiger partial charge < -0.3 is 4.57 Å². The predicted octanol–water partition coefficient (Wildman–Crippen LogP) is 3.02. The third-order valence-corrected chi connectivity index (χ3v) is 2.81. The minimum atomic E-state index is 0.758. The van der Waals surface area contributed by atoms with Gasteiger partial charge in [-0.15, -0.1) is 0 Å². The molecule has 0 atom stereocenters. The average Bonchev–Trinajstić information content (AvgIpc) is 2.62. The molecule has 0 bridgehead atoms. The first-order valence-electron chi connectivity index (χ1n) is 5.31. The van der Waals surface area contributed by atoms with Gasteiger partial charge in [-0.2, -0.15) is 5.26 Å². The number of hydrogen-bond acceptors (Lipinski definition) is 1. The molecule has 0 N–H and O–H groups in total. The maximum atomic E-state index is 8.89. The first-order valence-corrected chi connectivity index (χ1v) is 5.31. The Morgan fingerprint density at radius 3 is 2.50 bits per heavy atom. The molecule has 0 amide bonds. The molecule has 1 aromatic carbocycles. The monoisotopic (exact) mass is 210 g/mol. The van der Waals surface area contributed by atoms with Gasteiger partial charge in [-0.1, -0.05) is 24.3 Å². The lowest BCUT2D eigenvalue weighted by Gasteiger charge is -2.06. The van der Waals surface area contributed by atoms with E-state index in [4.69, 9.17) is 5.26 Å². The van der Waals surface area contributed by atoms with Gasteiger partial charge in [-0.25, -0.2) is 0 Å². The smallest absolute Gasteiger partial charge is 0.101 e. The van der Waals surface area contributed by atoms with Gasteiger partial charge in [0.2, 0.25) is 0 Å². The maximum Gasteiger partial charge on any atom is 0.101 e. The van der Waals surface area contributed by atoms with E-state index in [9.17, 15) is 0 Å². The van der Waals surface area contributed by atoms with Gasteiger partial charge in [-0.3, -0.25) is 0 Å². The molecule has 2 heteroatoms. The number of aryl methyl sites for hydroxylation is 2. The standard InChI is InChI=1S/C14H14N2/c1-11-5-3-4-6-13(11)9-16-8-12(2)14(7-15)10-16/h3-6,8,10H,9H2,1-2H3. The molecule has 2 rings (SSSR count). The molecule has 0 aliphatic carbocycles. The fourth-order valence-corrected chi connectivity index (χ4v) is 1.82. The predicted molar refractivity (Wildman–Crippen MR) is 64.2 cm³/mol. The molecule has 2 aromatic rings. The van der Waals surface area contributed by atoms with Crippen LogP contribution in [0.3, 0.4) is 0 Å². The topological polar surface area (TPSA) is 28.7 Å². The molecule has 16 heavy (non-hydrogen) atoms. The molecule has 0 fully saturated rings. The molecule has 0 saturated heterocycles. The Morgan fingerprint density at radius 2 is 1.88 bits per heavy atom. The van der Waals surface area contributed by atoms with Crippen molar-refractivity contribution >= 4 is 0 Å². The van der Waals surface area contributed by atoms with Crippen LogP contribution in [0.25, 0.3) is 0 Å². The van der Waals surface area contributed by atoms with Gasteiger partial charge in [0.05, 0.1) is 5.56 Å². The highest BCUT2D eigenvalue weighted by atomic mass is 14.9. The quantitative estimate of drug-likeness (QED) is 0.749. The summed E-state index contributed by atoms with van der Waals surface area (Å²) in [4.78, 5) is 0. The molecule has 0 unspecified atom stereocenters. The fraction of sp³-hybridized carbons (Fsp3) is 0.214. The van der Waals surface area contributed by atoms with Gasteiger partial charge in [0.1, 0.15) is 6.07 Å². The number of aromatic nitrogens is 1. The van der Waals surface area contributed by atoms with Crippen LogP contribution in [0.1, 0.15) is 22.3 Å². The summed E-state index contributed by atoms with van der Waals surface area (Å²) in [6.07, 6.45) is 3.92. The van der Waals surface area contributed by atoms with Crippen molar-refractivity contribution in [2.45, 2.75) is 20.4 Å². The highest BCUT2D eigenvalue weighted by molar-refractivity contribution is 5.35. The first-order chi connectivity index (χ1) is 7.70. The van der Waals surface area contributed by atoms with Crippen LogP contribution < -0.4 is 0 Å². The van der Waals surface area contributed by atoms with Crippen LogP contribution in [0.5, 0.6) is 0 Å². The Balaban J connectivity index is 2.28. The number of rotatable bonds is 2. The summed E-state index contributed by atoms with van der Waals surface area (Å²) in [5.41, 5.74) is 4.37. The zero-order valence-corrected chi connectivity index (χ0v) is 9.57. The molecule has 80 valence electrons. The van der Waals surface area contributed by atoms with E-state index in [1.54, 1.807) is 0 Å². The molecule has 1 aromatic heterocycles. The van der Waals surface area contributed by atoms with Gasteiger partial charge in [0.15, 0.2) is 0 Å². The van der Waals surface area contributed by atoms with E-state index in [0.29, 0.717) is 0 Å². The van der Waals surface area contributed by atoms with E-state index >= 15 is 0 Å². The third kappa shape index (κ3) is 1.99. The van der Waals surface area contributed by atoms with Gasteiger partial charge >= 0.3 is 0 Å². The van der Waals surface area contributed by atoms with Gasteiger partial charge in [0, 0.05) is 18.9 Å². The lowest BCUT2D eigenvalue weighted by atomic mass is 10.1. The van der Waals surface area contributed by atoms with Crippen molar-refractivity contribution in [1.82, 2.24) is 4.57 Å². The van der Waals surface area contributed by atoms with Crippen molar-refractivity contribution in [1.29, 1.82) is 5.26 Å². The van der Waals surface area contributed by atoms with Crippen LogP contribution in [0.4, 0.5) is 0 Å². The highest BCUT2D eigenvalue weighted by Crippen LogP contribution is 2.13. The summed E-state index contributed by atoms with van der Waals surface area (Å²) < 4.78 is 2.07. The molecule has 0 saturated carbocycles. The minimum Gasteiger partial charge on any atom is -0.348 e. The van der Waals surface area contributed by atoms with Crippen LogP contribution in [-0.2, 0) is 6.54 Å². The van der Waals surface area contributed by atoms with Gasteiger partial charge in [-0.05, 0) is 30.5 Å². The van der Waals surface area contributed by atoms with E-state index < -0.39 is 0 Å². The molecule has 1 heterocycles. The second-order valence-electron chi connectivity index (χ2n) is 4.07. The third-order valence-electron chi connectivity index (χ3n) is 2.81. The van der Waals surface area contributed by atoms with E-state index in [1.165, 1.54) is 11.1 Å². The Kier molecular flexibility index (Phi) is 2.78. The Labute approximate surface area is 95.8 Å². The first kappa shape index (κ1) is 10.5. The van der Waals surface area contributed by atoms with E-state index in [1.807, 2.05) is 31.5 Å². The summed E-state index contributed by atoms with van der Waals surface area (Å²) in [6, 6.07) is 10.5. The molecular weight excluding hydrogens is 196 g/mol. The highest BCUT2D eigenvalue weighted by Gasteiger charge is 2.03. The summed E-state index contributed by atoms with van der Waals surface area (Å²) >= 11 is 0. The van der Waals surface area contributed by atoms with E-state index in [-0.39, 0.29) is 0 Å². The lowest BCUT2D eigenvalue weighted by Crippen LogP contribution is -1.98. The lowest BCUT2D eigenvalue weighted by molar-refractivity contribution is 0.798. The fourth-order valence-electron chi connectivity index (χ4n) is 1.82. The van der Waals surface area contributed by atoms with Gasteiger partial charge in [0.25, 0.3) is 0 Å². The Morgan fingerprint density at radius 1 is 1.12 bits per heavy atom. The van der Waals surface area contributed by atoms with E-state index in [0.717, 1.165) is 17.7 Å². The summed E-state index contributed by atoms with van der Waals surface area (Å²) in [6.45, 7) is 4.90. The second kappa shape index (κ2) is 4.24. The van der Waals surface area contributed by atoms with Crippen molar-refractivity contribution in [3.63, 3.8) is 0 Å². The molecule has 0 aliphatic rings. The molecule has 2 nitrogen and oxygen atoms in total. The SMILES string of the molecule is Cc1cn(Cc2ccccc2C)cc1C#N. The summed E-state index contributed by atoms with van der Waals surface area (Å²) in [5, 5.41) is 8.89. The van der Waals surface area contributed by atoms with Crippen molar-refractivity contribution in [3.8, 4) is 6.07 Å². The van der Waals surface area contributed by atoms with Crippen LogP contribution in [0, 0.1) is 25.2 Å². The molecule has 0 radical (unpaired) electrons. The maximum absolute atomic E-state index is 8.89.